The van der Waals surface area contributed by atoms with Crippen molar-refractivity contribution in [2.75, 3.05) is 0 Å². The predicted molar refractivity (Wildman–Crippen MR) is 131 cm³/mol. The molecular weight excluding hydrogens is 343 g/mol. The first-order chi connectivity index (χ1) is 13.1. The third kappa shape index (κ3) is 15.0. The largest absolute Gasteiger partial charge is 0.131 e. The Morgan fingerprint density at radius 2 is 0.852 bits per heavy atom. The average molecular weight is 399 g/mol. The first-order valence-corrected chi connectivity index (χ1v) is 13.5. The Hall–Kier alpha value is 0.430. The van der Waals surface area contributed by atoms with Crippen LogP contribution in [-0.4, -0.2) is 5.16 Å². The van der Waals surface area contributed by atoms with Gasteiger partial charge in [0, 0.05) is 0 Å². The van der Waals surface area contributed by atoms with E-state index in [1.165, 1.54) is 128 Å². The van der Waals surface area contributed by atoms with Crippen LogP contribution in [-0.2, 0) is 0 Å². The second kappa shape index (κ2) is 19.7. The van der Waals surface area contributed by atoms with Crippen molar-refractivity contribution in [2.24, 2.45) is 5.92 Å². The molecule has 0 aromatic rings. The fourth-order valence-electron chi connectivity index (χ4n) is 4.59. The molecule has 0 aliphatic carbocycles. The highest BCUT2D eigenvalue weighted by molar-refractivity contribution is 7.19. The molecular formula is C26H55P. The van der Waals surface area contributed by atoms with Crippen LogP contribution < -0.4 is 0 Å². The van der Waals surface area contributed by atoms with Gasteiger partial charge in [0.25, 0.3) is 0 Å². The lowest BCUT2D eigenvalue weighted by atomic mass is 9.77. The third-order valence-corrected chi connectivity index (χ3v) is 7.67. The van der Waals surface area contributed by atoms with E-state index in [2.05, 4.69) is 36.9 Å². The van der Waals surface area contributed by atoms with E-state index >= 15 is 0 Å². The van der Waals surface area contributed by atoms with Gasteiger partial charge in [0.2, 0.25) is 0 Å². The predicted octanol–water partition coefficient (Wildman–Crippen LogP) is 10.1. The average Bonchev–Trinajstić information content (AvgIpc) is 2.68. The van der Waals surface area contributed by atoms with Gasteiger partial charge in [0.05, 0.1) is 0 Å². The minimum Gasteiger partial charge on any atom is -0.131 e. The summed E-state index contributed by atoms with van der Waals surface area (Å²) in [5.74, 6) is 0.939. The topological polar surface area (TPSA) is 0 Å². The van der Waals surface area contributed by atoms with Crippen molar-refractivity contribution in [1.29, 1.82) is 0 Å². The lowest BCUT2D eigenvalue weighted by molar-refractivity contribution is 0.274. The van der Waals surface area contributed by atoms with Crippen LogP contribution in [0.4, 0.5) is 0 Å². The van der Waals surface area contributed by atoms with E-state index in [1.54, 1.807) is 0 Å². The zero-order chi connectivity index (χ0) is 20.2. The molecule has 0 radical (unpaired) electrons. The van der Waals surface area contributed by atoms with E-state index in [0.29, 0.717) is 5.16 Å². The number of unbranched alkanes of at least 4 members (excludes halogenated alkanes) is 12. The molecule has 0 fully saturated rings. The van der Waals surface area contributed by atoms with E-state index in [1.807, 2.05) is 0 Å². The first-order valence-electron chi connectivity index (χ1n) is 12.9. The van der Waals surface area contributed by atoms with Gasteiger partial charge in [-0.2, -0.15) is 0 Å². The van der Waals surface area contributed by atoms with Gasteiger partial charge >= 0.3 is 0 Å². The monoisotopic (exact) mass is 398 g/mol. The number of hydrogen-bond acceptors (Lipinski definition) is 0. The summed E-state index contributed by atoms with van der Waals surface area (Å²) in [5.41, 5.74) is 0. The second-order valence-corrected chi connectivity index (χ2v) is 10.4. The maximum atomic E-state index is 3.39. The molecule has 0 spiro atoms. The van der Waals surface area contributed by atoms with Crippen LogP contribution >= 0.6 is 9.24 Å². The summed E-state index contributed by atoms with van der Waals surface area (Å²) >= 11 is 0. The van der Waals surface area contributed by atoms with Crippen LogP contribution in [0.5, 0.6) is 0 Å². The maximum absolute atomic E-state index is 3.39. The molecule has 0 aliphatic heterocycles. The summed E-state index contributed by atoms with van der Waals surface area (Å²) in [6, 6.07) is 0. The summed E-state index contributed by atoms with van der Waals surface area (Å²) in [6.45, 7) is 9.38. The van der Waals surface area contributed by atoms with Gasteiger partial charge in [-0.05, 0) is 36.8 Å². The molecule has 0 saturated carbocycles. The Bertz CT molecular complexity index is 278. The Morgan fingerprint density at radius 1 is 0.481 bits per heavy atom. The standard InChI is InChI=1S/C26H55P/c1-5-9-13-14-15-16-17-18-19-20-22-25(21-10-6-2)26(27,23-11-7-3)24-12-8-4/h25H,5-24,27H2,1-4H3. The van der Waals surface area contributed by atoms with Crippen LogP contribution in [0.2, 0.25) is 0 Å². The zero-order valence-electron chi connectivity index (χ0n) is 19.8. The number of rotatable bonds is 21. The highest BCUT2D eigenvalue weighted by atomic mass is 31.0. The molecule has 0 aromatic heterocycles. The van der Waals surface area contributed by atoms with E-state index in [-0.39, 0.29) is 0 Å². The van der Waals surface area contributed by atoms with Crippen LogP contribution in [0.25, 0.3) is 0 Å². The summed E-state index contributed by atoms with van der Waals surface area (Å²) < 4.78 is 0. The molecule has 0 amide bonds. The van der Waals surface area contributed by atoms with Gasteiger partial charge in [-0.15, -0.1) is 9.24 Å². The van der Waals surface area contributed by atoms with Crippen molar-refractivity contribution in [2.45, 2.75) is 161 Å². The van der Waals surface area contributed by atoms with Crippen LogP contribution in [0.15, 0.2) is 0 Å². The molecule has 0 nitrogen and oxygen atoms in total. The third-order valence-electron chi connectivity index (χ3n) is 6.62. The smallest absolute Gasteiger partial charge is 0.0122 e. The molecule has 0 aromatic carbocycles. The zero-order valence-corrected chi connectivity index (χ0v) is 21.0. The minimum atomic E-state index is 0.528. The quantitative estimate of drug-likeness (QED) is 0.133. The lowest BCUT2D eigenvalue weighted by Crippen LogP contribution is -2.32. The van der Waals surface area contributed by atoms with Gasteiger partial charge in [-0.25, -0.2) is 0 Å². The van der Waals surface area contributed by atoms with Crippen molar-refractivity contribution >= 4 is 9.24 Å². The SMILES string of the molecule is CCCCCCCCCCCCC(CCCC)C(P)(CCCC)CCCC. The summed E-state index contributed by atoms with van der Waals surface area (Å²) in [4.78, 5) is 0. The fourth-order valence-corrected chi connectivity index (χ4v) is 5.33. The summed E-state index contributed by atoms with van der Waals surface area (Å²) in [5, 5.41) is 0.528. The van der Waals surface area contributed by atoms with Crippen LogP contribution in [0.1, 0.15) is 156 Å². The molecule has 164 valence electrons. The highest BCUT2D eigenvalue weighted by Crippen LogP contribution is 2.43. The molecule has 27 heavy (non-hydrogen) atoms. The van der Waals surface area contributed by atoms with Crippen molar-refractivity contribution in [3.63, 3.8) is 0 Å². The van der Waals surface area contributed by atoms with Crippen molar-refractivity contribution < 1.29 is 0 Å². The maximum Gasteiger partial charge on any atom is -0.0122 e. The second-order valence-electron chi connectivity index (χ2n) is 9.25. The molecule has 0 saturated heterocycles. The van der Waals surface area contributed by atoms with Crippen molar-refractivity contribution in [1.82, 2.24) is 0 Å². The van der Waals surface area contributed by atoms with Gasteiger partial charge in [-0.1, -0.05) is 130 Å². The van der Waals surface area contributed by atoms with Gasteiger partial charge in [0.1, 0.15) is 0 Å². The molecule has 2 unspecified atom stereocenters. The van der Waals surface area contributed by atoms with Gasteiger partial charge in [-0.3, -0.25) is 0 Å². The molecule has 0 rings (SSSR count). The van der Waals surface area contributed by atoms with Gasteiger partial charge < -0.3 is 0 Å². The highest BCUT2D eigenvalue weighted by Gasteiger charge is 2.32. The van der Waals surface area contributed by atoms with Gasteiger partial charge in [0.15, 0.2) is 0 Å². The Labute approximate surface area is 176 Å². The Balaban J connectivity index is 4.21. The van der Waals surface area contributed by atoms with E-state index < -0.39 is 0 Å². The molecule has 1 heteroatoms. The molecule has 0 heterocycles. The van der Waals surface area contributed by atoms with Crippen molar-refractivity contribution in [3.05, 3.63) is 0 Å². The summed E-state index contributed by atoms with van der Waals surface area (Å²) in [6.07, 6.45) is 28.7. The lowest BCUT2D eigenvalue weighted by Gasteiger charge is -2.39. The first kappa shape index (κ1) is 27.4. The molecule has 0 bridgehead atoms. The van der Waals surface area contributed by atoms with E-state index in [9.17, 15) is 0 Å². The minimum absolute atomic E-state index is 0.528. The molecule has 0 aliphatic rings. The fraction of sp³-hybridized carbons (Fsp3) is 1.00. The van der Waals surface area contributed by atoms with E-state index in [4.69, 9.17) is 0 Å². The molecule has 2 atom stereocenters. The van der Waals surface area contributed by atoms with Crippen molar-refractivity contribution in [3.8, 4) is 0 Å². The molecule has 0 N–H and O–H groups in total. The summed E-state index contributed by atoms with van der Waals surface area (Å²) in [7, 11) is 3.39. The van der Waals surface area contributed by atoms with Crippen LogP contribution in [0.3, 0.4) is 0 Å². The Kier molecular flexibility index (Phi) is 20.0. The van der Waals surface area contributed by atoms with Crippen LogP contribution in [0, 0.1) is 5.92 Å². The number of hydrogen-bond donors (Lipinski definition) is 0. The normalized spacial score (nSPS) is 13.2. The Morgan fingerprint density at radius 3 is 1.30 bits per heavy atom. The van der Waals surface area contributed by atoms with E-state index in [0.717, 1.165) is 5.92 Å².